The fourth-order valence-electron chi connectivity index (χ4n) is 2.22. The number of rotatable bonds is 6. The van der Waals surface area contributed by atoms with Gasteiger partial charge in [-0.25, -0.2) is 18.2 Å². The van der Waals surface area contributed by atoms with E-state index >= 15 is 0 Å². The lowest BCUT2D eigenvalue weighted by molar-refractivity contribution is 0.0193. The largest absolute Gasteiger partial charge is 0.476 e. The quantitative estimate of drug-likeness (QED) is 0.845. The maximum Gasteiger partial charge on any atom is 0.356 e. The Morgan fingerprint density at radius 3 is 3.05 bits per heavy atom. The van der Waals surface area contributed by atoms with E-state index in [9.17, 15) is 13.2 Å². The van der Waals surface area contributed by atoms with Gasteiger partial charge in [-0.05, 0) is 19.3 Å². The Morgan fingerprint density at radius 2 is 2.38 bits per heavy atom. The molecule has 0 saturated carbocycles. The third kappa shape index (κ3) is 3.60. The zero-order valence-electron chi connectivity index (χ0n) is 11.7. The van der Waals surface area contributed by atoms with Gasteiger partial charge in [0, 0.05) is 19.7 Å². The standard InChI is InChI=1S/C12H18N2O5S2/c1-2-6-19-9-4-3-5-14(7-9)21(17,18)12-10(11(15)16)13-8-20-12/h8-9H,2-7H2,1H3,(H,15,16). The number of ether oxygens (including phenoxy) is 1. The van der Waals surface area contributed by atoms with Crippen LogP contribution in [0.5, 0.6) is 0 Å². The SMILES string of the molecule is CCCOC1CCCN(S(=O)(=O)c2scnc2C(=O)O)C1. The summed E-state index contributed by atoms with van der Waals surface area (Å²) in [7, 11) is -3.82. The van der Waals surface area contributed by atoms with Crippen molar-refractivity contribution in [3.63, 3.8) is 0 Å². The molecule has 118 valence electrons. The fourth-order valence-corrected chi connectivity index (χ4v) is 5.01. The smallest absolute Gasteiger partial charge is 0.356 e. The van der Waals surface area contributed by atoms with Crippen LogP contribution in [0, 0.1) is 0 Å². The van der Waals surface area contributed by atoms with Gasteiger partial charge in [-0.1, -0.05) is 6.92 Å². The first-order valence-corrected chi connectivity index (χ1v) is 9.07. The maximum absolute atomic E-state index is 12.6. The summed E-state index contributed by atoms with van der Waals surface area (Å²) in [6.07, 6.45) is 2.27. The first-order chi connectivity index (χ1) is 9.96. The van der Waals surface area contributed by atoms with Crippen molar-refractivity contribution in [3.8, 4) is 0 Å². The minimum absolute atomic E-state index is 0.130. The summed E-state index contributed by atoms with van der Waals surface area (Å²) in [5.41, 5.74) is 0.835. The van der Waals surface area contributed by atoms with E-state index in [1.54, 1.807) is 0 Å². The minimum Gasteiger partial charge on any atom is -0.476 e. The van der Waals surface area contributed by atoms with E-state index < -0.39 is 21.7 Å². The highest BCUT2D eigenvalue weighted by Gasteiger charge is 2.35. The van der Waals surface area contributed by atoms with Crippen molar-refractivity contribution in [1.82, 2.24) is 9.29 Å². The Morgan fingerprint density at radius 1 is 1.62 bits per heavy atom. The van der Waals surface area contributed by atoms with E-state index in [0.717, 1.165) is 24.2 Å². The first kappa shape index (κ1) is 16.3. The first-order valence-electron chi connectivity index (χ1n) is 6.75. The molecule has 1 atom stereocenters. The van der Waals surface area contributed by atoms with Crippen LogP contribution in [0.2, 0.25) is 0 Å². The lowest BCUT2D eigenvalue weighted by Gasteiger charge is -2.31. The van der Waals surface area contributed by atoms with Gasteiger partial charge in [0.15, 0.2) is 9.90 Å². The Bertz CT molecular complexity index is 599. The summed E-state index contributed by atoms with van der Waals surface area (Å²) in [4.78, 5) is 14.7. The van der Waals surface area contributed by atoms with E-state index in [1.807, 2.05) is 6.92 Å². The molecule has 1 N–H and O–H groups in total. The molecule has 0 radical (unpaired) electrons. The normalized spacial score (nSPS) is 20.5. The molecule has 21 heavy (non-hydrogen) atoms. The van der Waals surface area contributed by atoms with E-state index in [4.69, 9.17) is 9.84 Å². The van der Waals surface area contributed by atoms with Gasteiger partial charge in [0.05, 0.1) is 11.6 Å². The molecule has 0 bridgehead atoms. The maximum atomic E-state index is 12.6. The highest BCUT2D eigenvalue weighted by Crippen LogP contribution is 2.27. The van der Waals surface area contributed by atoms with Gasteiger partial charge in [0.2, 0.25) is 0 Å². The number of aromatic carboxylic acids is 1. The highest BCUT2D eigenvalue weighted by molar-refractivity contribution is 7.91. The molecule has 0 spiro atoms. The number of carbonyl (C=O) groups is 1. The zero-order chi connectivity index (χ0) is 15.5. The van der Waals surface area contributed by atoms with Crippen LogP contribution in [0.25, 0.3) is 0 Å². The van der Waals surface area contributed by atoms with Crippen molar-refractivity contribution >= 4 is 27.3 Å². The summed E-state index contributed by atoms with van der Waals surface area (Å²) in [6, 6.07) is 0. The van der Waals surface area contributed by atoms with Crippen molar-refractivity contribution in [2.24, 2.45) is 0 Å². The van der Waals surface area contributed by atoms with Gasteiger partial charge in [0.1, 0.15) is 0 Å². The number of hydrogen-bond donors (Lipinski definition) is 1. The predicted octanol–water partition coefficient (Wildman–Crippen LogP) is 1.42. The average molecular weight is 334 g/mol. The molecule has 1 aromatic heterocycles. The molecular weight excluding hydrogens is 316 g/mol. The molecule has 2 heterocycles. The molecular formula is C12H18N2O5S2. The summed E-state index contributed by atoms with van der Waals surface area (Å²) < 4.78 is 31.9. The van der Waals surface area contributed by atoms with Crippen LogP contribution in [0.15, 0.2) is 9.72 Å². The minimum atomic E-state index is -3.82. The molecule has 1 unspecified atom stereocenters. The zero-order valence-corrected chi connectivity index (χ0v) is 13.3. The molecule has 0 aromatic carbocycles. The van der Waals surface area contributed by atoms with Gasteiger partial charge in [-0.3, -0.25) is 0 Å². The molecule has 1 fully saturated rings. The number of thiazole rings is 1. The van der Waals surface area contributed by atoms with Crippen LogP contribution in [0.4, 0.5) is 0 Å². The van der Waals surface area contributed by atoms with Crippen LogP contribution < -0.4 is 0 Å². The molecule has 1 aliphatic heterocycles. The molecule has 9 heteroatoms. The van der Waals surface area contributed by atoms with Gasteiger partial charge in [-0.15, -0.1) is 11.3 Å². The Hall–Kier alpha value is -1.03. The molecule has 0 aliphatic carbocycles. The summed E-state index contributed by atoms with van der Waals surface area (Å²) in [6.45, 7) is 3.23. The van der Waals surface area contributed by atoms with E-state index in [0.29, 0.717) is 19.6 Å². The number of piperidine rings is 1. The number of hydrogen-bond acceptors (Lipinski definition) is 6. The van der Waals surface area contributed by atoms with Crippen molar-refractivity contribution in [1.29, 1.82) is 0 Å². The summed E-state index contributed by atoms with van der Waals surface area (Å²) >= 11 is 0.835. The van der Waals surface area contributed by atoms with Crippen molar-refractivity contribution in [2.45, 2.75) is 36.5 Å². The van der Waals surface area contributed by atoms with Gasteiger partial charge in [-0.2, -0.15) is 4.31 Å². The monoisotopic (exact) mass is 334 g/mol. The second-order valence-corrected chi connectivity index (χ2v) is 7.78. The van der Waals surface area contributed by atoms with Crippen molar-refractivity contribution in [3.05, 3.63) is 11.2 Å². The Labute approximate surface area is 127 Å². The van der Waals surface area contributed by atoms with Gasteiger partial charge in [0.25, 0.3) is 10.0 Å². The van der Waals surface area contributed by atoms with Crippen molar-refractivity contribution in [2.75, 3.05) is 19.7 Å². The van der Waals surface area contributed by atoms with Crippen LogP contribution in [0.1, 0.15) is 36.7 Å². The highest BCUT2D eigenvalue weighted by atomic mass is 32.2. The van der Waals surface area contributed by atoms with Crippen LogP contribution in [0.3, 0.4) is 0 Å². The number of nitrogens with zero attached hydrogens (tertiary/aromatic N) is 2. The Balaban J connectivity index is 2.19. The third-order valence-corrected chi connectivity index (χ3v) is 6.42. The lowest BCUT2D eigenvalue weighted by atomic mass is 10.1. The molecule has 7 nitrogen and oxygen atoms in total. The molecule has 1 saturated heterocycles. The van der Waals surface area contributed by atoms with E-state index in [-0.39, 0.29) is 16.9 Å². The molecule has 2 rings (SSSR count). The average Bonchev–Trinajstić information content (AvgIpc) is 2.96. The lowest BCUT2D eigenvalue weighted by Crippen LogP contribution is -2.43. The summed E-state index contributed by atoms with van der Waals surface area (Å²) in [5.74, 6) is -1.33. The number of aromatic nitrogens is 1. The topological polar surface area (TPSA) is 96.8 Å². The number of sulfonamides is 1. The molecule has 1 aromatic rings. The molecule has 1 aliphatic rings. The van der Waals surface area contributed by atoms with Crippen LogP contribution in [-0.4, -0.2) is 54.6 Å². The van der Waals surface area contributed by atoms with Gasteiger partial charge < -0.3 is 9.84 Å². The van der Waals surface area contributed by atoms with Crippen LogP contribution >= 0.6 is 11.3 Å². The Kier molecular flexibility index (Phi) is 5.31. The van der Waals surface area contributed by atoms with E-state index in [2.05, 4.69) is 4.98 Å². The second-order valence-electron chi connectivity index (χ2n) is 4.79. The predicted molar refractivity (Wildman–Crippen MR) is 77.1 cm³/mol. The third-order valence-electron chi connectivity index (χ3n) is 3.21. The number of carboxylic acid groups (broad SMARTS) is 1. The molecule has 0 amide bonds. The van der Waals surface area contributed by atoms with Gasteiger partial charge >= 0.3 is 5.97 Å². The second kappa shape index (κ2) is 6.82. The number of carboxylic acids is 1. The van der Waals surface area contributed by atoms with Crippen LogP contribution in [-0.2, 0) is 14.8 Å². The fraction of sp³-hybridized carbons (Fsp3) is 0.667. The summed E-state index contributed by atoms with van der Waals surface area (Å²) in [5, 5.41) is 9.02. The van der Waals surface area contributed by atoms with Crippen molar-refractivity contribution < 1.29 is 23.1 Å². The van der Waals surface area contributed by atoms with E-state index in [1.165, 1.54) is 9.82 Å².